The molecule has 1 aliphatic carbocycles. The van der Waals surface area contributed by atoms with Crippen LogP contribution < -0.4 is 0 Å². The zero-order valence-electron chi connectivity index (χ0n) is 10.00. The topological polar surface area (TPSA) is 20.2 Å². The number of hydrogen-bond acceptors (Lipinski definition) is 1. The molecule has 1 atom stereocenters. The maximum atomic E-state index is 10.1. The van der Waals surface area contributed by atoms with Gasteiger partial charge in [0.15, 0.2) is 0 Å². The summed E-state index contributed by atoms with van der Waals surface area (Å²) >= 11 is 6.29. The minimum absolute atomic E-state index is 0.0128. The summed E-state index contributed by atoms with van der Waals surface area (Å²) in [6, 6.07) is 10.1. The Morgan fingerprint density at radius 1 is 1.24 bits per heavy atom. The fourth-order valence-corrected chi connectivity index (χ4v) is 3.35. The summed E-state index contributed by atoms with van der Waals surface area (Å²) < 4.78 is 0. The molecular formula is C15H15ClO. The van der Waals surface area contributed by atoms with E-state index in [0.29, 0.717) is 0 Å². The van der Waals surface area contributed by atoms with E-state index in [2.05, 4.69) is 19.9 Å². The lowest BCUT2D eigenvalue weighted by molar-refractivity contribution is 0.161. The smallest absolute Gasteiger partial charge is 0.0802 e. The van der Waals surface area contributed by atoms with Crippen LogP contribution in [-0.4, -0.2) is 5.11 Å². The van der Waals surface area contributed by atoms with Crippen molar-refractivity contribution in [2.45, 2.75) is 31.8 Å². The summed E-state index contributed by atoms with van der Waals surface area (Å²) in [6.07, 6.45) is 0.384. The maximum absolute atomic E-state index is 10.1. The molecule has 0 fully saturated rings. The van der Waals surface area contributed by atoms with Gasteiger partial charge in [-0.1, -0.05) is 49.7 Å². The van der Waals surface area contributed by atoms with Gasteiger partial charge in [0.1, 0.15) is 0 Å². The average molecular weight is 247 g/mol. The predicted octanol–water partition coefficient (Wildman–Crippen LogP) is 4.21. The molecule has 17 heavy (non-hydrogen) atoms. The third-order valence-electron chi connectivity index (χ3n) is 3.76. The molecule has 0 unspecified atom stereocenters. The van der Waals surface area contributed by atoms with Gasteiger partial charge in [0.2, 0.25) is 0 Å². The van der Waals surface area contributed by atoms with Gasteiger partial charge in [-0.2, -0.15) is 0 Å². The molecule has 88 valence electrons. The van der Waals surface area contributed by atoms with Crippen LogP contribution >= 0.6 is 11.6 Å². The van der Waals surface area contributed by atoms with E-state index in [4.69, 9.17) is 11.6 Å². The monoisotopic (exact) mass is 246 g/mol. The molecule has 0 amide bonds. The first-order chi connectivity index (χ1) is 8.00. The Hall–Kier alpha value is -1.05. The predicted molar refractivity (Wildman–Crippen MR) is 71.6 cm³/mol. The van der Waals surface area contributed by atoms with Crippen molar-refractivity contribution in [2.24, 2.45) is 0 Å². The lowest BCUT2D eigenvalue weighted by atomic mass is 9.83. The van der Waals surface area contributed by atoms with Crippen molar-refractivity contribution in [2.75, 3.05) is 0 Å². The standard InChI is InChI=1S/C15H15ClO/c1-15(2)8-13(17)11-7-12(16)9-5-3-4-6-10(9)14(11)15/h3-7,13,17H,8H2,1-2H3/t13-/m1/s1. The number of hydrogen-bond donors (Lipinski definition) is 1. The van der Waals surface area contributed by atoms with Gasteiger partial charge in [-0.15, -0.1) is 0 Å². The molecule has 2 heteroatoms. The van der Waals surface area contributed by atoms with E-state index in [1.165, 1.54) is 10.9 Å². The quantitative estimate of drug-likeness (QED) is 0.738. The maximum Gasteiger partial charge on any atom is 0.0802 e. The van der Waals surface area contributed by atoms with Crippen molar-refractivity contribution < 1.29 is 5.11 Å². The first-order valence-electron chi connectivity index (χ1n) is 5.90. The molecule has 1 aliphatic rings. The third kappa shape index (κ3) is 1.50. The largest absolute Gasteiger partial charge is 0.388 e. The SMILES string of the molecule is CC1(C)C[C@@H](O)c2cc(Cl)c3ccccc3c21. The Bertz CT molecular complexity index is 601. The van der Waals surface area contributed by atoms with E-state index in [9.17, 15) is 5.11 Å². The van der Waals surface area contributed by atoms with Gasteiger partial charge in [-0.25, -0.2) is 0 Å². The van der Waals surface area contributed by atoms with Crippen LogP contribution in [0.1, 0.15) is 37.5 Å². The fourth-order valence-electron chi connectivity index (χ4n) is 3.06. The summed E-state index contributed by atoms with van der Waals surface area (Å²) in [5.74, 6) is 0. The Morgan fingerprint density at radius 2 is 1.88 bits per heavy atom. The molecule has 0 bridgehead atoms. The lowest BCUT2D eigenvalue weighted by Gasteiger charge is -2.21. The second-order valence-electron chi connectivity index (χ2n) is 5.47. The van der Waals surface area contributed by atoms with E-state index in [1.54, 1.807) is 0 Å². The van der Waals surface area contributed by atoms with Crippen LogP contribution in [0.5, 0.6) is 0 Å². The van der Waals surface area contributed by atoms with E-state index >= 15 is 0 Å². The number of fused-ring (bicyclic) bond motifs is 3. The zero-order chi connectivity index (χ0) is 12.2. The summed E-state index contributed by atoms with van der Waals surface area (Å²) in [5, 5.41) is 13.1. The number of rotatable bonds is 0. The molecule has 0 aromatic heterocycles. The minimum atomic E-state index is -0.387. The molecule has 1 N–H and O–H groups in total. The normalized spacial score (nSPS) is 21.8. The van der Waals surface area contributed by atoms with E-state index < -0.39 is 0 Å². The van der Waals surface area contributed by atoms with E-state index in [0.717, 1.165) is 22.4 Å². The number of halogens is 1. The van der Waals surface area contributed by atoms with Crippen LogP contribution in [0.25, 0.3) is 10.8 Å². The van der Waals surface area contributed by atoms with Gasteiger partial charge >= 0.3 is 0 Å². The highest BCUT2D eigenvalue weighted by Crippen LogP contribution is 2.49. The van der Waals surface area contributed by atoms with Crippen molar-refractivity contribution in [1.82, 2.24) is 0 Å². The van der Waals surface area contributed by atoms with Crippen molar-refractivity contribution in [1.29, 1.82) is 0 Å². The molecule has 0 aliphatic heterocycles. The van der Waals surface area contributed by atoms with Gasteiger partial charge in [-0.3, -0.25) is 0 Å². The molecule has 0 spiro atoms. The van der Waals surface area contributed by atoms with Gasteiger partial charge < -0.3 is 5.11 Å². The molecule has 0 radical (unpaired) electrons. The van der Waals surface area contributed by atoms with E-state index in [1.807, 2.05) is 24.3 Å². The Kier molecular flexibility index (Phi) is 2.26. The summed E-state index contributed by atoms with van der Waals surface area (Å²) in [4.78, 5) is 0. The first-order valence-corrected chi connectivity index (χ1v) is 6.28. The van der Waals surface area contributed by atoms with Crippen molar-refractivity contribution >= 4 is 22.4 Å². The highest BCUT2D eigenvalue weighted by Gasteiger charge is 2.37. The molecule has 1 nitrogen and oxygen atoms in total. The first kappa shape index (κ1) is 11.1. The summed E-state index contributed by atoms with van der Waals surface area (Å²) in [6.45, 7) is 4.37. The molecule has 0 saturated carbocycles. The molecule has 2 aromatic rings. The highest BCUT2D eigenvalue weighted by atomic mass is 35.5. The molecule has 0 heterocycles. The second-order valence-corrected chi connectivity index (χ2v) is 5.88. The lowest BCUT2D eigenvalue weighted by Crippen LogP contribution is -2.12. The summed E-state index contributed by atoms with van der Waals surface area (Å²) in [7, 11) is 0. The van der Waals surface area contributed by atoms with Crippen molar-refractivity contribution in [3.05, 3.63) is 46.5 Å². The number of aliphatic hydroxyl groups excluding tert-OH is 1. The van der Waals surface area contributed by atoms with Crippen LogP contribution in [0, 0.1) is 0 Å². The average Bonchev–Trinajstić information content (AvgIpc) is 2.49. The number of benzene rings is 2. The Balaban J connectivity index is 2.47. The fraction of sp³-hybridized carbons (Fsp3) is 0.333. The molecular weight excluding hydrogens is 232 g/mol. The van der Waals surface area contributed by atoms with Crippen LogP contribution in [0.15, 0.2) is 30.3 Å². The van der Waals surface area contributed by atoms with E-state index in [-0.39, 0.29) is 11.5 Å². The Labute approximate surface area is 106 Å². The van der Waals surface area contributed by atoms with Crippen molar-refractivity contribution in [3.8, 4) is 0 Å². The van der Waals surface area contributed by atoms with Crippen LogP contribution in [0.4, 0.5) is 0 Å². The minimum Gasteiger partial charge on any atom is -0.388 e. The zero-order valence-corrected chi connectivity index (χ0v) is 10.8. The van der Waals surface area contributed by atoms with Gasteiger partial charge in [0.25, 0.3) is 0 Å². The number of aliphatic hydroxyl groups is 1. The van der Waals surface area contributed by atoms with Gasteiger partial charge in [0.05, 0.1) is 6.10 Å². The van der Waals surface area contributed by atoms with Crippen LogP contribution in [0.3, 0.4) is 0 Å². The summed E-state index contributed by atoms with van der Waals surface area (Å²) in [5.41, 5.74) is 2.27. The molecule has 2 aromatic carbocycles. The van der Waals surface area contributed by atoms with Crippen LogP contribution in [0.2, 0.25) is 5.02 Å². The second kappa shape index (κ2) is 3.47. The molecule has 0 saturated heterocycles. The Morgan fingerprint density at radius 3 is 2.59 bits per heavy atom. The third-order valence-corrected chi connectivity index (χ3v) is 4.08. The van der Waals surface area contributed by atoms with Gasteiger partial charge in [-0.05, 0) is 34.4 Å². The highest BCUT2D eigenvalue weighted by molar-refractivity contribution is 6.35. The molecule has 3 rings (SSSR count). The van der Waals surface area contributed by atoms with Gasteiger partial charge in [0, 0.05) is 10.4 Å². The van der Waals surface area contributed by atoms with Crippen molar-refractivity contribution in [3.63, 3.8) is 0 Å². The van der Waals surface area contributed by atoms with Crippen LogP contribution in [-0.2, 0) is 5.41 Å².